The number of benzene rings is 2. The Bertz CT molecular complexity index is 915. The van der Waals surface area contributed by atoms with Crippen LogP contribution in [0.4, 0.5) is 5.69 Å². The van der Waals surface area contributed by atoms with E-state index in [9.17, 15) is 5.11 Å². The molecular weight excluding hydrogens is 452 g/mol. The standard InChI is InChI=1S/C30H46N2O4/c1-29(2,3)23-30(4,5)24-11-13-26(14-12-24)36-20-19-35-22-25(33)21-31-15-17-32(18-16-31)27-9-7-8-10-28(27)34-6/h7-14,25,33H,15-23H2,1-6H3/t25-/m1/s1. The van der Waals surface area contributed by atoms with Gasteiger partial charge in [0.2, 0.25) is 0 Å². The summed E-state index contributed by atoms with van der Waals surface area (Å²) in [5.41, 5.74) is 2.86. The number of aliphatic hydroxyl groups excluding tert-OH is 1. The molecule has 1 saturated heterocycles. The molecule has 1 aliphatic heterocycles. The Balaban J connectivity index is 1.31. The first-order valence-corrected chi connectivity index (χ1v) is 13.2. The lowest BCUT2D eigenvalue weighted by molar-refractivity contribution is 0.00717. The van der Waals surface area contributed by atoms with Crippen molar-refractivity contribution in [3.8, 4) is 11.5 Å². The van der Waals surface area contributed by atoms with Crippen molar-refractivity contribution >= 4 is 5.69 Å². The third kappa shape index (κ3) is 8.68. The van der Waals surface area contributed by atoms with Gasteiger partial charge in [0, 0.05) is 32.7 Å². The molecule has 2 aromatic rings. The molecule has 0 radical (unpaired) electrons. The summed E-state index contributed by atoms with van der Waals surface area (Å²) >= 11 is 0. The predicted molar refractivity (Wildman–Crippen MR) is 148 cm³/mol. The molecule has 1 atom stereocenters. The third-order valence-electron chi connectivity index (χ3n) is 6.68. The second-order valence-electron chi connectivity index (χ2n) is 11.7. The molecule has 0 aromatic heterocycles. The maximum atomic E-state index is 10.4. The van der Waals surface area contributed by atoms with E-state index in [2.05, 4.69) is 62.6 Å². The molecule has 1 N–H and O–H groups in total. The van der Waals surface area contributed by atoms with Crippen LogP contribution in [0.1, 0.15) is 46.6 Å². The van der Waals surface area contributed by atoms with Crippen LogP contribution >= 0.6 is 0 Å². The molecule has 3 rings (SSSR count). The van der Waals surface area contributed by atoms with Crippen molar-refractivity contribution in [2.75, 3.05) is 64.6 Å². The zero-order valence-electron chi connectivity index (χ0n) is 23.1. The van der Waals surface area contributed by atoms with Crippen LogP contribution < -0.4 is 14.4 Å². The zero-order valence-corrected chi connectivity index (χ0v) is 23.1. The Morgan fingerprint density at radius 1 is 0.889 bits per heavy atom. The van der Waals surface area contributed by atoms with Gasteiger partial charge in [-0.25, -0.2) is 0 Å². The van der Waals surface area contributed by atoms with Crippen molar-refractivity contribution in [3.63, 3.8) is 0 Å². The highest BCUT2D eigenvalue weighted by Gasteiger charge is 2.27. The van der Waals surface area contributed by atoms with Crippen LogP contribution in [-0.2, 0) is 10.2 Å². The molecule has 36 heavy (non-hydrogen) atoms. The van der Waals surface area contributed by atoms with Crippen molar-refractivity contribution < 1.29 is 19.3 Å². The van der Waals surface area contributed by atoms with E-state index in [0.717, 1.165) is 49.8 Å². The fraction of sp³-hybridized carbons (Fsp3) is 0.600. The van der Waals surface area contributed by atoms with E-state index >= 15 is 0 Å². The van der Waals surface area contributed by atoms with Crippen molar-refractivity contribution in [1.82, 2.24) is 4.90 Å². The minimum atomic E-state index is -0.507. The number of ether oxygens (including phenoxy) is 3. The number of rotatable bonds is 12. The number of anilines is 1. The van der Waals surface area contributed by atoms with Gasteiger partial charge in [0.1, 0.15) is 18.1 Å². The summed E-state index contributed by atoms with van der Waals surface area (Å²) in [7, 11) is 1.71. The number of para-hydroxylation sites is 2. The van der Waals surface area contributed by atoms with E-state index in [1.165, 1.54) is 5.56 Å². The quantitative estimate of drug-likeness (QED) is 0.416. The fourth-order valence-electron chi connectivity index (χ4n) is 5.28. The number of piperazine rings is 1. The SMILES string of the molecule is COc1ccccc1N1CCN(C[C@@H](O)COCCOc2ccc(C(C)(C)CC(C)(C)C)cc2)CC1. The van der Waals surface area contributed by atoms with Gasteiger partial charge in [-0.05, 0) is 47.1 Å². The second-order valence-corrected chi connectivity index (χ2v) is 11.7. The Morgan fingerprint density at radius 3 is 2.19 bits per heavy atom. The Labute approximate surface area is 218 Å². The Hall–Kier alpha value is -2.28. The second kappa shape index (κ2) is 12.8. The molecule has 1 fully saturated rings. The predicted octanol–water partition coefficient (Wildman–Crippen LogP) is 4.99. The molecule has 0 aliphatic carbocycles. The van der Waals surface area contributed by atoms with Crippen molar-refractivity contribution in [2.45, 2.75) is 52.6 Å². The van der Waals surface area contributed by atoms with Gasteiger partial charge in [-0.2, -0.15) is 0 Å². The average molecular weight is 499 g/mol. The minimum absolute atomic E-state index is 0.122. The van der Waals surface area contributed by atoms with Crippen LogP contribution in [0.25, 0.3) is 0 Å². The van der Waals surface area contributed by atoms with E-state index in [-0.39, 0.29) is 10.8 Å². The number of hydrogen-bond acceptors (Lipinski definition) is 6. The van der Waals surface area contributed by atoms with E-state index in [1.807, 2.05) is 30.3 Å². The Morgan fingerprint density at radius 2 is 1.56 bits per heavy atom. The number of aliphatic hydroxyl groups is 1. The lowest BCUT2D eigenvalue weighted by atomic mass is 9.72. The van der Waals surface area contributed by atoms with Crippen molar-refractivity contribution in [3.05, 3.63) is 54.1 Å². The lowest BCUT2D eigenvalue weighted by Gasteiger charge is -2.37. The molecule has 0 bridgehead atoms. The first-order valence-electron chi connectivity index (χ1n) is 13.2. The topological polar surface area (TPSA) is 54.4 Å². The molecule has 200 valence electrons. The highest BCUT2D eigenvalue weighted by molar-refractivity contribution is 5.58. The summed E-state index contributed by atoms with van der Waals surface area (Å²) in [6, 6.07) is 16.5. The van der Waals surface area contributed by atoms with E-state index in [0.29, 0.717) is 26.4 Å². The maximum absolute atomic E-state index is 10.4. The fourth-order valence-corrected chi connectivity index (χ4v) is 5.28. The summed E-state index contributed by atoms with van der Waals surface area (Å²) in [6.45, 7) is 16.9. The van der Waals surface area contributed by atoms with Gasteiger partial charge >= 0.3 is 0 Å². The number of hydrogen-bond donors (Lipinski definition) is 1. The van der Waals surface area contributed by atoms with E-state index in [1.54, 1.807) is 7.11 Å². The van der Waals surface area contributed by atoms with Crippen LogP contribution in [-0.4, -0.2) is 75.8 Å². The van der Waals surface area contributed by atoms with Crippen molar-refractivity contribution in [1.29, 1.82) is 0 Å². The molecule has 1 heterocycles. The first-order chi connectivity index (χ1) is 17.1. The lowest BCUT2D eigenvalue weighted by Crippen LogP contribution is -2.49. The smallest absolute Gasteiger partial charge is 0.142 e. The van der Waals surface area contributed by atoms with E-state index < -0.39 is 6.10 Å². The summed E-state index contributed by atoms with van der Waals surface area (Å²) < 4.78 is 17.0. The summed E-state index contributed by atoms with van der Waals surface area (Å²) in [5, 5.41) is 10.4. The zero-order chi connectivity index (χ0) is 26.2. The number of β-amino-alcohol motifs (C(OH)–C–C–N with tert-alkyl or cyclic N) is 1. The van der Waals surface area contributed by atoms with Crippen LogP contribution in [0.15, 0.2) is 48.5 Å². The summed E-state index contributed by atoms with van der Waals surface area (Å²) in [6.07, 6.45) is 0.612. The van der Waals surface area contributed by atoms with Gasteiger partial charge in [0.25, 0.3) is 0 Å². The van der Waals surface area contributed by atoms with Gasteiger partial charge in [-0.15, -0.1) is 0 Å². The van der Waals surface area contributed by atoms with Gasteiger partial charge in [0.05, 0.1) is 32.1 Å². The molecule has 1 aliphatic rings. The van der Waals surface area contributed by atoms with Gasteiger partial charge in [-0.3, -0.25) is 4.90 Å². The van der Waals surface area contributed by atoms with E-state index in [4.69, 9.17) is 14.2 Å². The number of nitrogens with zero attached hydrogens (tertiary/aromatic N) is 2. The molecule has 0 unspecified atom stereocenters. The average Bonchev–Trinajstić information content (AvgIpc) is 2.83. The maximum Gasteiger partial charge on any atom is 0.142 e. The highest BCUT2D eigenvalue weighted by atomic mass is 16.5. The van der Waals surface area contributed by atoms with Gasteiger partial charge in [0.15, 0.2) is 0 Å². The molecule has 0 spiro atoms. The van der Waals surface area contributed by atoms with Crippen molar-refractivity contribution in [2.24, 2.45) is 5.41 Å². The third-order valence-corrected chi connectivity index (χ3v) is 6.68. The minimum Gasteiger partial charge on any atom is -0.495 e. The van der Waals surface area contributed by atoms with Gasteiger partial charge in [-0.1, -0.05) is 58.9 Å². The first kappa shape index (κ1) is 28.3. The molecule has 0 amide bonds. The largest absolute Gasteiger partial charge is 0.495 e. The van der Waals surface area contributed by atoms with Crippen LogP contribution in [0, 0.1) is 5.41 Å². The molecule has 0 saturated carbocycles. The monoisotopic (exact) mass is 498 g/mol. The Kier molecular flexibility index (Phi) is 10.1. The highest BCUT2D eigenvalue weighted by Crippen LogP contribution is 2.36. The van der Waals surface area contributed by atoms with Crippen LogP contribution in [0.3, 0.4) is 0 Å². The normalized spacial score (nSPS) is 16.1. The molecule has 6 heteroatoms. The van der Waals surface area contributed by atoms with Crippen LogP contribution in [0.2, 0.25) is 0 Å². The van der Waals surface area contributed by atoms with Crippen LogP contribution in [0.5, 0.6) is 11.5 Å². The number of methoxy groups -OCH3 is 1. The molecule has 6 nitrogen and oxygen atoms in total. The molecule has 2 aromatic carbocycles. The van der Waals surface area contributed by atoms with Gasteiger partial charge < -0.3 is 24.2 Å². The summed E-state index contributed by atoms with van der Waals surface area (Å²) in [5.74, 6) is 1.75. The molecular formula is C30H46N2O4. The summed E-state index contributed by atoms with van der Waals surface area (Å²) in [4.78, 5) is 4.63.